The van der Waals surface area contributed by atoms with E-state index >= 15 is 0 Å². The summed E-state index contributed by atoms with van der Waals surface area (Å²) in [5, 5.41) is 6.97. The number of thiophene rings is 1. The van der Waals surface area contributed by atoms with Crippen LogP contribution in [0.4, 0.5) is 0 Å². The summed E-state index contributed by atoms with van der Waals surface area (Å²) in [4.78, 5) is 18.6. The molecule has 4 nitrogen and oxygen atoms in total. The highest BCUT2D eigenvalue weighted by Gasteiger charge is 2.15. The molecule has 1 atom stereocenters. The summed E-state index contributed by atoms with van der Waals surface area (Å²) in [7, 11) is 0. The number of nitrogens with zero attached hydrogens (tertiary/aromatic N) is 3. The van der Waals surface area contributed by atoms with Gasteiger partial charge in [-0.1, -0.05) is 29.8 Å². The van der Waals surface area contributed by atoms with Crippen LogP contribution in [-0.2, 0) is 0 Å². The molecule has 24 heavy (non-hydrogen) atoms. The lowest BCUT2D eigenvalue weighted by Gasteiger charge is -2.13. The van der Waals surface area contributed by atoms with Crippen LogP contribution in [-0.4, -0.2) is 15.9 Å². The monoisotopic (exact) mass is 467 g/mol. The van der Waals surface area contributed by atoms with E-state index in [2.05, 4.69) is 55.8 Å². The maximum atomic E-state index is 12.9. The molecule has 0 bridgehead atoms. The summed E-state index contributed by atoms with van der Waals surface area (Å²) in [6.07, 6.45) is 2.59. The Morgan fingerprint density at radius 2 is 2.12 bits per heavy atom. The molecule has 0 N–H and O–H groups in total. The number of halogens is 2. The molecule has 0 saturated heterocycles. The molecule has 0 amide bonds. The lowest BCUT2D eigenvalue weighted by atomic mass is 10.1. The molecule has 0 spiro atoms. The zero-order chi connectivity index (χ0) is 17.3. The van der Waals surface area contributed by atoms with Crippen molar-refractivity contribution in [1.29, 1.82) is 0 Å². The molecule has 2 aromatic heterocycles. The lowest BCUT2D eigenvalue weighted by Crippen LogP contribution is -2.23. The number of rotatable bonds is 4. The summed E-state index contributed by atoms with van der Waals surface area (Å²) in [5.41, 5.74) is 0.548. The average Bonchev–Trinajstić information content (AvgIpc) is 2.99. The van der Waals surface area contributed by atoms with Gasteiger partial charge in [-0.15, -0.1) is 11.3 Å². The van der Waals surface area contributed by atoms with Crippen LogP contribution in [0.1, 0.15) is 36.9 Å². The fraction of sp³-hybridized carbons (Fsp3) is 0.235. The highest BCUT2D eigenvalue weighted by Crippen LogP contribution is 2.21. The minimum Gasteiger partial charge on any atom is -0.267 e. The first-order valence-corrected chi connectivity index (χ1v) is 9.96. The van der Waals surface area contributed by atoms with Gasteiger partial charge in [-0.05, 0) is 46.6 Å². The maximum Gasteiger partial charge on any atom is 0.282 e. The fourth-order valence-corrected chi connectivity index (χ4v) is 3.95. The number of fused-ring (bicyclic) bond motifs is 1. The van der Waals surface area contributed by atoms with Crippen LogP contribution in [0.25, 0.3) is 10.9 Å². The summed E-state index contributed by atoms with van der Waals surface area (Å²) in [6, 6.07) is 7.51. The van der Waals surface area contributed by atoms with Gasteiger partial charge in [0, 0.05) is 25.1 Å². The van der Waals surface area contributed by atoms with Gasteiger partial charge in [0.2, 0.25) is 0 Å². The highest BCUT2D eigenvalue weighted by molar-refractivity contribution is 9.10. The van der Waals surface area contributed by atoms with Gasteiger partial charge < -0.3 is 0 Å². The predicted octanol–water partition coefficient (Wildman–Crippen LogP) is 5.38. The van der Waals surface area contributed by atoms with Crippen molar-refractivity contribution in [2.45, 2.75) is 26.2 Å². The van der Waals surface area contributed by atoms with E-state index in [1.165, 1.54) is 4.68 Å². The first kappa shape index (κ1) is 17.5. The molecular formula is C17H15Br2N3OS. The summed E-state index contributed by atoms with van der Waals surface area (Å²) in [5.74, 6) is 0.821. The quantitative estimate of drug-likeness (QED) is 0.482. The molecule has 124 valence electrons. The molecule has 7 heteroatoms. The van der Waals surface area contributed by atoms with Gasteiger partial charge in [0.1, 0.15) is 5.82 Å². The maximum absolute atomic E-state index is 12.9. The van der Waals surface area contributed by atoms with Gasteiger partial charge >= 0.3 is 0 Å². The first-order valence-electron chi connectivity index (χ1n) is 7.50. The van der Waals surface area contributed by atoms with Crippen LogP contribution in [0.3, 0.4) is 0 Å². The molecule has 0 aliphatic carbocycles. The van der Waals surface area contributed by atoms with Crippen molar-refractivity contribution in [3.05, 3.63) is 59.6 Å². The van der Waals surface area contributed by atoms with E-state index in [0.29, 0.717) is 16.7 Å². The van der Waals surface area contributed by atoms with Crippen molar-refractivity contribution in [1.82, 2.24) is 9.66 Å². The minimum atomic E-state index is -0.150. The standard InChI is InChI=1S/C17H15Br2N3OS/c1-3-10(2)16-21-15-5-4-11(18)7-14(15)17(23)22(16)20-8-13-6-12(19)9-24-13/h4-10H,3H2,1-2H3/t10-/m1/s1. The second-order valence-electron chi connectivity index (χ2n) is 5.47. The number of aromatic nitrogens is 2. The van der Waals surface area contributed by atoms with Crippen molar-refractivity contribution in [2.75, 3.05) is 0 Å². The van der Waals surface area contributed by atoms with E-state index in [-0.39, 0.29) is 11.5 Å². The van der Waals surface area contributed by atoms with Crippen molar-refractivity contribution in [3.8, 4) is 0 Å². The lowest BCUT2D eigenvalue weighted by molar-refractivity contribution is 0.613. The van der Waals surface area contributed by atoms with E-state index in [0.717, 1.165) is 20.2 Å². The van der Waals surface area contributed by atoms with Gasteiger partial charge in [0.15, 0.2) is 0 Å². The topological polar surface area (TPSA) is 47.2 Å². The summed E-state index contributed by atoms with van der Waals surface area (Å²) in [6.45, 7) is 4.13. The Kier molecular flexibility index (Phi) is 5.32. The Labute approximate surface area is 160 Å². The van der Waals surface area contributed by atoms with E-state index < -0.39 is 0 Å². The van der Waals surface area contributed by atoms with Crippen molar-refractivity contribution >= 4 is 60.3 Å². The molecule has 0 unspecified atom stereocenters. The van der Waals surface area contributed by atoms with Gasteiger partial charge in [-0.2, -0.15) is 9.78 Å². The minimum absolute atomic E-state index is 0.137. The number of benzene rings is 1. The largest absolute Gasteiger partial charge is 0.282 e. The normalized spacial score (nSPS) is 13.0. The third-order valence-electron chi connectivity index (χ3n) is 3.77. The molecule has 0 aliphatic heterocycles. The molecular weight excluding hydrogens is 454 g/mol. The van der Waals surface area contributed by atoms with Crippen molar-refractivity contribution in [3.63, 3.8) is 0 Å². The molecule has 3 rings (SSSR count). The second kappa shape index (κ2) is 7.29. The van der Waals surface area contributed by atoms with Crippen LogP contribution < -0.4 is 5.56 Å². The first-order chi connectivity index (χ1) is 11.5. The van der Waals surface area contributed by atoms with Crippen molar-refractivity contribution in [2.24, 2.45) is 5.10 Å². The van der Waals surface area contributed by atoms with Crippen LogP contribution >= 0.6 is 43.2 Å². The Morgan fingerprint density at radius 1 is 1.33 bits per heavy atom. The van der Waals surface area contributed by atoms with E-state index in [9.17, 15) is 4.79 Å². The van der Waals surface area contributed by atoms with E-state index in [4.69, 9.17) is 0 Å². The van der Waals surface area contributed by atoms with Crippen LogP contribution in [0.2, 0.25) is 0 Å². The molecule has 0 saturated carbocycles. The Bertz CT molecular complexity index is 978. The highest BCUT2D eigenvalue weighted by atomic mass is 79.9. The zero-order valence-corrected chi connectivity index (χ0v) is 17.2. The van der Waals surface area contributed by atoms with Gasteiger partial charge in [-0.25, -0.2) is 4.98 Å². The number of hydrogen-bond acceptors (Lipinski definition) is 4. The van der Waals surface area contributed by atoms with E-state index in [1.807, 2.05) is 23.6 Å². The van der Waals surface area contributed by atoms with Crippen LogP contribution in [0, 0.1) is 0 Å². The van der Waals surface area contributed by atoms with Gasteiger partial charge in [0.05, 0.1) is 17.1 Å². The SMILES string of the molecule is CC[C@@H](C)c1nc2ccc(Br)cc2c(=O)n1N=Cc1cc(Br)cs1. The Balaban J connectivity index is 2.20. The summed E-state index contributed by atoms with van der Waals surface area (Å²) >= 11 is 8.40. The fourth-order valence-electron chi connectivity index (χ4n) is 2.29. The molecule has 0 aliphatic rings. The zero-order valence-electron chi connectivity index (χ0n) is 13.2. The average molecular weight is 469 g/mol. The molecule has 0 radical (unpaired) electrons. The third kappa shape index (κ3) is 3.53. The predicted molar refractivity (Wildman–Crippen MR) is 107 cm³/mol. The second-order valence-corrected chi connectivity index (χ2v) is 8.24. The van der Waals surface area contributed by atoms with Gasteiger partial charge in [-0.3, -0.25) is 4.79 Å². The summed E-state index contributed by atoms with van der Waals surface area (Å²) < 4.78 is 3.28. The van der Waals surface area contributed by atoms with Crippen LogP contribution in [0.5, 0.6) is 0 Å². The smallest absolute Gasteiger partial charge is 0.267 e. The van der Waals surface area contributed by atoms with Crippen molar-refractivity contribution < 1.29 is 0 Å². The van der Waals surface area contributed by atoms with E-state index in [1.54, 1.807) is 23.6 Å². The molecule has 2 heterocycles. The Hall–Kier alpha value is -1.31. The van der Waals surface area contributed by atoms with Crippen LogP contribution in [0.15, 0.2) is 48.5 Å². The van der Waals surface area contributed by atoms with Gasteiger partial charge in [0.25, 0.3) is 5.56 Å². The number of hydrogen-bond donors (Lipinski definition) is 0. The third-order valence-corrected chi connectivity index (χ3v) is 5.90. The molecule has 1 aromatic carbocycles. The molecule has 3 aromatic rings. The Morgan fingerprint density at radius 3 is 2.79 bits per heavy atom. The molecule has 0 fully saturated rings.